The molecule has 2 rings (SSSR count). The molecular formula is C16H24O4. The van der Waals surface area contributed by atoms with Gasteiger partial charge in [-0.15, -0.1) is 13.2 Å². The number of ether oxygens (including phenoxy) is 2. The molecule has 0 bridgehead atoms. The van der Waals surface area contributed by atoms with E-state index < -0.39 is 0 Å². The van der Waals surface area contributed by atoms with Crippen molar-refractivity contribution in [2.24, 2.45) is 22.7 Å². The lowest BCUT2D eigenvalue weighted by molar-refractivity contribution is -0.147. The normalized spacial score (nSPS) is 36.8. The third-order valence-electron chi connectivity index (χ3n) is 4.48. The molecule has 4 atom stereocenters. The van der Waals surface area contributed by atoms with Crippen LogP contribution in [0.25, 0.3) is 0 Å². The molecule has 0 aliphatic heterocycles. The fourth-order valence-corrected chi connectivity index (χ4v) is 2.42. The quantitative estimate of drug-likeness (QED) is 0.587. The minimum Gasteiger partial charge on any atom is -0.469 e. The number of rotatable bonds is 4. The Balaban J connectivity index is 0.000000200. The molecule has 0 aromatic heterocycles. The summed E-state index contributed by atoms with van der Waals surface area (Å²) in [5.74, 6) is 0.440. The van der Waals surface area contributed by atoms with Gasteiger partial charge in [0.25, 0.3) is 0 Å². The molecule has 0 aromatic carbocycles. The van der Waals surface area contributed by atoms with Crippen molar-refractivity contribution < 1.29 is 19.1 Å². The van der Waals surface area contributed by atoms with Crippen LogP contribution < -0.4 is 0 Å². The Morgan fingerprint density at radius 2 is 1.25 bits per heavy atom. The lowest BCUT2D eigenvalue weighted by atomic mass is 10.1. The molecule has 4 heteroatoms. The molecule has 2 unspecified atom stereocenters. The lowest BCUT2D eigenvalue weighted by Crippen LogP contribution is -2.15. The largest absolute Gasteiger partial charge is 0.469 e. The van der Waals surface area contributed by atoms with E-state index in [0.29, 0.717) is 11.8 Å². The van der Waals surface area contributed by atoms with Gasteiger partial charge in [-0.05, 0) is 38.5 Å². The van der Waals surface area contributed by atoms with Crippen molar-refractivity contribution >= 4 is 11.9 Å². The molecule has 0 saturated heterocycles. The first-order valence-electron chi connectivity index (χ1n) is 6.72. The summed E-state index contributed by atoms with van der Waals surface area (Å²) >= 11 is 0. The van der Waals surface area contributed by atoms with Gasteiger partial charge in [-0.2, -0.15) is 0 Å². The minimum absolute atomic E-state index is 0.114. The van der Waals surface area contributed by atoms with E-state index >= 15 is 0 Å². The van der Waals surface area contributed by atoms with Gasteiger partial charge in [0, 0.05) is 0 Å². The van der Waals surface area contributed by atoms with E-state index in [1.165, 1.54) is 14.2 Å². The van der Waals surface area contributed by atoms with Gasteiger partial charge in [0.05, 0.1) is 25.0 Å². The van der Waals surface area contributed by atoms with E-state index in [1.54, 1.807) is 0 Å². The molecule has 0 aromatic rings. The van der Waals surface area contributed by atoms with Gasteiger partial charge in [0.1, 0.15) is 0 Å². The Kier molecular flexibility index (Phi) is 4.79. The first-order chi connectivity index (χ1) is 9.29. The Hall–Kier alpha value is -1.58. The zero-order chi connectivity index (χ0) is 15.6. The number of esters is 2. The molecule has 2 aliphatic rings. The average Bonchev–Trinajstić information content (AvgIpc) is 3.33. The number of hydrogen-bond donors (Lipinski definition) is 0. The minimum atomic E-state index is -0.253. The van der Waals surface area contributed by atoms with Crippen LogP contribution in [0.5, 0.6) is 0 Å². The van der Waals surface area contributed by atoms with Crippen molar-refractivity contribution in [3.63, 3.8) is 0 Å². The Bertz CT molecular complexity index is 388. The second-order valence-corrected chi connectivity index (χ2v) is 5.91. The van der Waals surface area contributed by atoms with Crippen LogP contribution in [-0.2, 0) is 19.1 Å². The molecule has 20 heavy (non-hydrogen) atoms. The topological polar surface area (TPSA) is 52.6 Å². The van der Waals surface area contributed by atoms with Crippen molar-refractivity contribution in [3.05, 3.63) is 25.3 Å². The lowest BCUT2D eigenvalue weighted by Gasteiger charge is -2.04. The second-order valence-electron chi connectivity index (χ2n) is 5.91. The van der Waals surface area contributed by atoms with Gasteiger partial charge in [0.2, 0.25) is 0 Å². The number of allylic oxidation sites excluding steroid dienone is 2. The van der Waals surface area contributed by atoms with Crippen molar-refractivity contribution in [1.82, 2.24) is 0 Å². The molecule has 4 nitrogen and oxygen atoms in total. The summed E-state index contributed by atoms with van der Waals surface area (Å²) < 4.78 is 9.25. The number of carbonyl (C=O) groups excluding carboxylic acids is 2. The maximum atomic E-state index is 11.0. The van der Waals surface area contributed by atoms with Crippen LogP contribution in [0.15, 0.2) is 25.3 Å². The molecule has 0 heterocycles. The first kappa shape index (κ1) is 16.5. The van der Waals surface area contributed by atoms with Gasteiger partial charge in [0.15, 0.2) is 0 Å². The monoisotopic (exact) mass is 280 g/mol. The predicted octanol–water partition coefficient (Wildman–Crippen LogP) is 2.74. The van der Waals surface area contributed by atoms with Gasteiger partial charge in [-0.25, -0.2) is 0 Å². The number of carbonyl (C=O) groups is 2. The summed E-state index contributed by atoms with van der Waals surface area (Å²) in [6, 6.07) is 0. The highest BCUT2D eigenvalue weighted by atomic mass is 16.5. The maximum absolute atomic E-state index is 11.0. The fourth-order valence-electron chi connectivity index (χ4n) is 2.42. The first-order valence-corrected chi connectivity index (χ1v) is 6.72. The summed E-state index contributed by atoms with van der Waals surface area (Å²) in [6.07, 6.45) is 5.42. The SMILES string of the molecule is C=CC1CC1(C)C(=O)OC.C=C[C@H]1C[C@]1(C)C(=O)OC. The number of hydrogen-bond acceptors (Lipinski definition) is 4. The fraction of sp³-hybridized carbons (Fsp3) is 0.625. The Morgan fingerprint density at radius 1 is 0.950 bits per heavy atom. The van der Waals surface area contributed by atoms with E-state index in [2.05, 4.69) is 22.6 Å². The maximum Gasteiger partial charge on any atom is 0.312 e. The van der Waals surface area contributed by atoms with Crippen molar-refractivity contribution in [3.8, 4) is 0 Å². The van der Waals surface area contributed by atoms with E-state index in [1.807, 2.05) is 26.0 Å². The average molecular weight is 280 g/mol. The second kappa shape index (κ2) is 5.81. The van der Waals surface area contributed by atoms with Crippen LogP contribution in [0.2, 0.25) is 0 Å². The summed E-state index contributed by atoms with van der Waals surface area (Å²) in [6.45, 7) is 11.1. The highest BCUT2D eigenvalue weighted by molar-refractivity contribution is 5.81. The van der Waals surface area contributed by atoms with Crippen molar-refractivity contribution in [1.29, 1.82) is 0 Å². The molecule has 0 amide bonds. The third kappa shape index (κ3) is 2.94. The predicted molar refractivity (Wildman–Crippen MR) is 76.9 cm³/mol. The Labute approximate surface area is 120 Å². The Morgan fingerprint density at radius 3 is 1.40 bits per heavy atom. The van der Waals surface area contributed by atoms with E-state index in [0.717, 1.165) is 12.8 Å². The van der Waals surface area contributed by atoms with Gasteiger partial charge >= 0.3 is 11.9 Å². The highest BCUT2D eigenvalue weighted by Crippen LogP contribution is 2.54. The molecule has 0 spiro atoms. The van der Waals surface area contributed by atoms with Crippen LogP contribution in [0, 0.1) is 22.7 Å². The standard InChI is InChI=1S/2C8H12O2/c2*1-4-6-5-8(6,2)7(9)10-3/h2*4,6H,1,5H2,2-3H3/t6-,8-;/m0./s1. The molecule has 2 aliphatic carbocycles. The smallest absolute Gasteiger partial charge is 0.312 e. The van der Waals surface area contributed by atoms with Crippen LogP contribution >= 0.6 is 0 Å². The van der Waals surface area contributed by atoms with E-state index in [4.69, 9.17) is 0 Å². The third-order valence-corrected chi connectivity index (χ3v) is 4.48. The molecule has 0 radical (unpaired) electrons. The van der Waals surface area contributed by atoms with Crippen LogP contribution in [0.1, 0.15) is 26.7 Å². The van der Waals surface area contributed by atoms with Crippen LogP contribution in [-0.4, -0.2) is 26.2 Å². The zero-order valence-corrected chi connectivity index (χ0v) is 12.8. The molecule has 112 valence electrons. The zero-order valence-electron chi connectivity index (χ0n) is 12.8. The summed E-state index contributed by atoms with van der Waals surface area (Å²) in [5.41, 5.74) is -0.507. The number of methoxy groups -OCH3 is 2. The van der Waals surface area contributed by atoms with Gasteiger partial charge < -0.3 is 9.47 Å². The van der Waals surface area contributed by atoms with Crippen LogP contribution in [0.4, 0.5) is 0 Å². The summed E-state index contributed by atoms with van der Waals surface area (Å²) in [7, 11) is 2.85. The summed E-state index contributed by atoms with van der Waals surface area (Å²) in [4.78, 5) is 22.0. The summed E-state index contributed by atoms with van der Waals surface area (Å²) in [5, 5.41) is 0. The molecule has 2 saturated carbocycles. The van der Waals surface area contributed by atoms with Crippen molar-refractivity contribution in [2.45, 2.75) is 26.7 Å². The van der Waals surface area contributed by atoms with E-state index in [-0.39, 0.29) is 22.8 Å². The molecule has 0 N–H and O–H groups in total. The van der Waals surface area contributed by atoms with E-state index in [9.17, 15) is 9.59 Å². The molecule has 2 fully saturated rings. The van der Waals surface area contributed by atoms with Crippen LogP contribution in [0.3, 0.4) is 0 Å². The van der Waals surface area contributed by atoms with Crippen molar-refractivity contribution in [2.75, 3.05) is 14.2 Å². The van der Waals surface area contributed by atoms with Gasteiger partial charge in [-0.1, -0.05) is 12.2 Å². The molecular weight excluding hydrogens is 256 g/mol. The highest BCUT2D eigenvalue weighted by Gasteiger charge is 2.55. The van der Waals surface area contributed by atoms with Gasteiger partial charge in [-0.3, -0.25) is 9.59 Å².